The van der Waals surface area contributed by atoms with Gasteiger partial charge in [-0.2, -0.15) is 0 Å². The zero-order valence-electron chi connectivity index (χ0n) is 8.69. The zero-order chi connectivity index (χ0) is 14.2. The summed E-state index contributed by atoms with van der Waals surface area (Å²) < 4.78 is 0. The van der Waals surface area contributed by atoms with E-state index in [1.807, 2.05) is 0 Å². The first-order valence-electron chi connectivity index (χ1n) is 3.98. The molecule has 0 spiro atoms. The molecule has 0 bridgehead atoms. The van der Waals surface area contributed by atoms with Crippen molar-refractivity contribution < 1.29 is 39.7 Å². The fourth-order valence-electron chi connectivity index (χ4n) is 0.714. The molecule has 10 heteroatoms. The quantitative estimate of drug-likeness (QED) is 0.340. The summed E-state index contributed by atoms with van der Waals surface area (Å²) in [6.07, 6.45) is -2.29. The van der Waals surface area contributed by atoms with Crippen LogP contribution in [-0.2, 0) is 14.4 Å². The summed E-state index contributed by atoms with van der Waals surface area (Å²) in [5.41, 5.74) is -2.74. The number of carboxylic acid groups (broad SMARTS) is 3. The third kappa shape index (κ3) is 10.1. The average Bonchev–Trinajstić information content (AvgIpc) is 1.98. The highest BCUT2D eigenvalue weighted by molar-refractivity contribution is 5.88. The van der Waals surface area contributed by atoms with Gasteiger partial charge < -0.3 is 20.4 Å². The van der Waals surface area contributed by atoms with Crippen molar-refractivity contribution in [1.82, 2.24) is 0 Å². The van der Waals surface area contributed by atoms with Gasteiger partial charge in [-0.25, -0.2) is 4.79 Å². The van der Waals surface area contributed by atoms with Crippen molar-refractivity contribution >= 4 is 17.9 Å². The Kier molecular flexibility index (Phi) is 7.18. The summed E-state index contributed by atoms with van der Waals surface area (Å²) in [4.78, 5) is 38.8. The molecule has 0 rings (SSSR count). The van der Waals surface area contributed by atoms with Crippen LogP contribution < -0.4 is 0 Å². The van der Waals surface area contributed by atoms with E-state index < -0.39 is 41.3 Å². The van der Waals surface area contributed by atoms with Gasteiger partial charge in [0.15, 0.2) is 12.6 Å². The van der Waals surface area contributed by atoms with Crippen LogP contribution in [0, 0.1) is 10.1 Å². The van der Waals surface area contributed by atoms with Gasteiger partial charge in [0.05, 0.1) is 12.8 Å². The van der Waals surface area contributed by atoms with Crippen LogP contribution in [0.1, 0.15) is 12.8 Å². The maximum atomic E-state index is 10.3. The summed E-state index contributed by atoms with van der Waals surface area (Å²) in [6, 6.07) is 0. The lowest BCUT2D eigenvalue weighted by Gasteiger charge is -2.18. The Morgan fingerprint density at radius 1 is 1.12 bits per heavy atom. The monoisotopic (exact) mass is 253 g/mol. The fraction of sp³-hybridized carbons (Fsp3) is 0.571. The standard InChI is InChI=1S/C6H8O7.CH3NO2/c7-3(8)1-6(13,5(11)12)2-4(9)10;1-2(3)4/h13H,1-2H2,(H,7,8)(H,9,10)(H,11,12);1H3. The number of hydrogen-bond acceptors (Lipinski definition) is 6. The second-order valence-corrected chi connectivity index (χ2v) is 2.92. The molecular weight excluding hydrogens is 242 g/mol. The van der Waals surface area contributed by atoms with Crippen LogP contribution in [0.2, 0.25) is 0 Å². The number of nitro groups is 1. The first-order valence-corrected chi connectivity index (χ1v) is 3.98. The van der Waals surface area contributed by atoms with E-state index in [1.165, 1.54) is 0 Å². The predicted molar refractivity (Wildman–Crippen MR) is 50.0 cm³/mol. The molecule has 0 unspecified atom stereocenters. The van der Waals surface area contributed by atoms with E-state index in [0.717, 1.165) is 7.05 Å². The molecule has 0 radical (unpaired) electrons. The highest BCUT2D eigenvalue weighted by atomic mass is 16.6. The third-order valence-corrected chi connectivity index (χ3v) is 1.29. The van der Waals surface area contributed by atoms with E-state index in [4.69, 9.17) is 30.5 Å². The maximum Gasteiger partial charge on any atom is 0.336 e. The molecule has 98 valence electrons. The van der Waals surface area contributed by atoms with Crippen LogP contribution in [0.5, 0.6) is 0 Å². The van der Waals surface area contributed by atoms with Crippen molar-refractivity contribution in [3.63, 3.8) is 0 Å². The van der Waals surface area contributed by atoms with Crippen LogP contribution in [0.3, 0.4) is 0 Å². The molecule has 0 saturated carbocycles. The molecule has 17 heavy (non-hydrogen) atoms. The molecule has 0 aliphatic heterocycles. The summed E-state index contributed by atoms with van der Waals surface area (Å²) in [5, 5.41) is 42.6. The molecule has 0 saturated heterocycles. The van der Waals surface area contributed by atoms with Crippen molar-refractivity contribution in [2.45, 2.75) is 18.4 Å². The predicted octanol–water partition coefficient (Wildman–Crippen LogP) is -1.36. The average molecular weight is 253 g/mol. The van der Waals surface area contributed by atoms with E-state index >= 15 is 0 Å². The highest BCUT2D eigenvalue weighted by Crippen LogP contribution is 2.15. The van der Waals surface area contributed by atoms with E-state index in [2.05, 4.69) is 0 Å². The van der Waals surface area contributed by atoms with E-state index in [-0.39, 0.29) is 0 Å². The SMILES string of the molecule is C[N+](=O)[O-].O=C(O)CC(O)(CC(=O)O)C(=O)O. The summed E-state index contributed by atoms with van der Waals surface area (Å²) in [7, 11) is 0.889. The van der Waals surface area contributed by atoms with Crippen LogP contribution in [0.4, 0.5) is 0 Å². The first-order chi connectivity index (χ1) is 7.51. The van der Waals surface area contributed by atoms with Gasteiger partial charge in [-0.3, -0.25) is 19.7 Å². The summed E-state index contributed by atoms with van der Waals surface area (Å²) in [6.45, 7) is 0. The van der Waals surface area contributed by atoms with Gasteiger partial charge >= 0.3 is 17.9 Å². The van der Waals surface area contributed by atoms with Gasteiger partial charge in [0.2, 0.25) is 0 Å². The number of rotatable bonds is 5. The molecule has 0 aromatic rings. The molecule has 0 aromatic carbocycles. The second kappa shape index (κ2) is 7.11. The van der Waals surface area contributed by atoms with E-state index in [9.17, 15) is 14.4 Å². The Morgan fingerprint density at radius 3 is 1.47 bits per heavy atom. The maximum absolute atomic E-state index is 10.3. The van der Waals surface area contributed by atoms with Crippen LogP contribution >= 0.6 is 0 Å². The molecule has 0 aliphatic carbocycles. The van der Waals surface area contributed by atoms with Gasteiger partial charge in [-0.05, 0) is 0 Å². The summed E-state index contributed by atoms with van der Waals surface area (Å²) in [5.74, 6) is -5.02. The van der Waals surface area contributed by atoms with E-state index in [0.29, 0.717) is 0 Å². The fourth-order valence-corrected chi connectivity index (χ4v) is 0.714. The highest BCUT2D eigenvalue weighted by Gasteiger charge is 2.40. The molecule has 4 N–H and O–H groups in total. The number of carboxylic acids is 3. The Morgan fingerprint density at radius 2 is 1.35 bits per heavy atom. The summed E-state index contributed by atoms with van der Waals surface area (Å²) >= 11 is 0. The Labute approximate surface area is 94.2 Å². The number of aliphatic carboxylic acids is 3. The van der Waals surface area contributed by atoms with Gasteiger partial charge in [-0.15, -0.1) is 0 Å². The largest absolute Gasteiger partial charge is 0.481 e. The lowest BCUT2D eigenvalue weighted by Crippen LogP contribution is -2.42. The van der Waals surface area contributed by atoms with Crippen molar-refractivity contribution in [2.75, 3.05) is 7.05 Å². The molecular formula is C7H11NO9. The Bertz CT molecular complexity index is 303. The van der Waals surface area contributed by atoms with Gasteiger partial charge in [0, 0.05) is 4.92 Å². The number of aliphatic hydroxyl groups is 1. The van der Waals surface area contributed by atoms with Crippen LogP contribution in [0.25, 0.3) is 0 Å². The zero-order valence-corrected chi connectivity index (χ0v) is 8.69. The second-order valence-electron chi connectivity index (χ2n) is 2.92. The minimum atomic E-state index is -2.74. The Hall–Kier alpha value is -2.23. The van der Waals surface area contributed by atoms with Crippen molar-refractivity contribution in [3.8, 4) is 0 Å². The number of nitrogens with zero attached hydrogens (tertiary/aromatic N) is 1. The Balaban J connectivity index is 0. The normalized spacial score (nSPS) is 9.76. The minimum Gasteiger partial charge on any atom is -0.481 e. The smallest absolute Gasteiger partial charge is 0.336 e. The number of hydrogen-bond donors (Lipinski definition) is 4. The lowest BCUT2D eigenvalue weighted by molar-refractivity contribution is -0.445. The van der Waals surface area contributed by atoms with Gasteiger partial charge in [0.1, 0.15) is 0 Å². The van der Waals surface area contributed by atoms with Crippen LogP contribution in [-0.4, -0.2) is 55.9 Å². The molecule has 0 heterocycles. The van der Waals surface area contributed by atoms with Crippen molar-refractivity contribution in [2.24, 2.45) is 0 Å². The number of carbonyl (C=O) groups is 3. The molecule has 0 fully saturated rings. The molecule has 0 aromatic heterocycles. The first kappa shape index (κ1) is 17.2. The molecule has 10 nitrogen and oxygen atoms in total. The van der Waals surface area contributed by atoms with Crippen molar-refractivity contribution in [1.29, 1.82) is 0 Å². The van der Waals surface area contributed by atoms with Gasteiger partial charge in [0.25, 0.3) is 0 Å². The minimum absolute atomic E-state index is 0.500. The van der Waals surface area contributed by atoms with E-state index in [1.54, 1.807) is 0 Å². The molecule has 0 aliphatic rings. The van der Waals surface area contributed by atoms with Crippen LogP contribution in [0.15, 0.2) is 0 Å². The molecule has 0 amide bonds. The lowest BCUT2D eigenvalue weighted by atomic mass is 9.96. The topological polar surface area (TPSA) is 175 Å². The molecule has 0 atom stereocenters. The third-order valence-electron chi connectivity index (χ3n) is 1.29. The van der Waals surface area contributed by atoms with Crippen molar-refractivity contribution in [3.05, 3.63) is 10.1 Å². The van der Waals surface area contributed by atoms with Gasteiger partial charge in [-0.1, -0.05) is 0 Å².